The van der Waals surface area contributed by atoms with Gasteiger partial charge in [-0.3, -0.25) is 14.7 Å². The van der Waals surface area contributed by atoms with E-state index in [1.807, 2.05) is 43.3 Å². The van der Waals surface area contributed by atoms with Gasteiger partial charge in [-0.15, -0.1) is 0 Å². The second-order valence-electron chi connectivity index (χ2n) is 9.99. The number of likely N-dealkylation sites (tertiary alicyclic amines) is 1. The van der Waals surface area contributed by atoms with Gasteiger partial charge in [-0.1, -0.05) is 12.1 Å². The first kappa shape index (κ1) is 27.8. The lowest BCUT2D eigenvalue weighted by molar-refractivity contribution is -0.125. The number of hydrogen-bond acceptors (Lipinski definition) is 8. The summed E-state index contributed by atoms with van der Waals surface area (Å²) in [6.45, 7) is 3.29. The zero-order valence-corrected chi connectivity index (χ0v) is 23.2. The molecule has 204 valence electrons. The van der Waals surface area contributed by atoms with Crippen LogP contribution in [0, 0.1) is 0 Å². The lowest BCUT2D eigenvalue weighted by Crippen LogP contribution is -2.28. The van der Waals surface area contributed by atoms with Crippen molar-refractivity contribution in [3.63, 3.8) is 0 Å². The lowest BCUT2D eigenvalue weighted by Gasteiger charge is -2.25. The molecule has 0 saturated carbocycles. The Balaban J connectivity index is 1.89. The van der Waals surface area contributed by atoms with Crippen molar-refractivity contribution in [2.24, 2.45) is 0 Å². The third-order valence-corrected chi connectivity index (χ3v) is 8.55. The van der Waals surface area contributed by atoms with Gasteiger partial charge >= 0.3 is 0 Å². The largest absolute Gasteiger partial charge is 0.392 e. The maximum absolute atomic E-state index is 13.2. The number of aliphatic hydroxyl groups excluding tert-OH is 1. The number of pyridine rings is 1. The Hall–Kier alpha value is -3.25. The minimum atomic E-state index is -3.83. The second-order valence-corrected chi connectivity index (χ2v) is 12.1. The van der Waals surface area contributed by atoms with Gasteiger partial charge in [0.2, 0.25) is 15.9 Å². The number of aromatic nitrogens is 1. The number of aliphatic hydroxyl groups is 1. The van der Waals surface area contributed by atoms with Crippen molar-refractivity contribution in [3.05, 3.63) is 59.8 Å². The molecule has 3 aromatic rings. The lowest BCUT2D eigenvalue weighted by atomic mass is 9.93. The number of hydroxylamine groups is 1. The zero-order chi connectivity index (χ0) is 27.6. The molecule has 10 nitrogen and oxygen atoms in total. The van der Waals surface area contributed by atoms with Gasteiger partial charge in [-0.25, -0.2) is 12.7 Å². The van der Waals surface area contributed by atoms with Crippen LogP contribution < -0.4 is 15.2 Å². The summed E-state index contributed by atoms with van der Waals surface area (Å²) in [6.07, 6.45) is 0.351. The van der Waals surface area contributed by atoms with Crippen molar-refractivity contribution >= 4 is 32.5 Å². The summed E-state index contributed by atoms with van der Waals surface area (Å²) >= 11 is 0. The van der Waals surface area contributed by atoms with Gasteiger partial charge in [-0.2, -0.15) is 5.48 Å². The van der Waals surface area contributed by atoms with E-state index >= 15 is 0 Å². The maximum Gasteiger partial charge on any atom is 0.249 e. The third-order valence-electron chi connectivity index (χ3n) is 6.70. The second kappa shape index (κ2) is 11.2. The first-order valence-corrected chi connectivity index (χ1v) is 13.9. The molecule has 1 fully saturated rings. The molecule has 0 bridgehead atoms. The fraction of sp³-hybridized carbons (Fsp3) is 0.407. The van der Waals surface area contributed by atoms with Gasteiger partial charge in [0.15, 0.2) is 5.75 Å². The fourth-order valence-electron chi connectivity index (χ4n) is 4.62. The fourth-order valence-corrected chi connectivity index (χ4v) is 5.65. The predicted octanol–water partition coefficient (Wildman–Crippen LogP) is 2.18. The number of β-amino-alcohol motifs (C(OH)–C–C–N with tert-alkyl or cyclic N) is 1. The van der Waals surface area contributed by atoms with E-state index in [-0.39, 0.29) is 28.3 Å². The number of rotatable bonds is 9. The molecule has 0 unspecified atom stereocenters. The molecule has 1 saturated heterocycles. The van der Waals surface area contributed by atoms with Crippen LogP contribution >= 0.6 is 0 Å². The summed E-state index contributed by atoms with van der Waals surface area (Å²) in [4.78, 5) is 26.1. The van der Waals surface area contributed by atoms with Gasteiger partial charge < -0.3 is 14.8 Å². The van der Waals surface area contributed by atoms with E-state index in [4.69, 9.17) is 9.82 Å². The Labute approximate surface area is 223 Å². The number of carbonyl (C=O) groups is 1. The number of benzene rings is 2. The van der Waals surface area contributed by atoms with Crippen molar-refractivity contribution in [1.82, 2.24) is 19.7 Å². The molecule has 38 heavy (non-hydrogen) atoms. The molecule has 11 heteroatoms. The van der Waals surface area contributed by atoms with Gasteiger partial charge in [0, 0.05) is 77.4 Å². The van der Waals surface area contributed by atoms with Crippen molar-refractivity contribution in [1.29, 1.82) is 0 Å². The smallest absolute Gasteiger partial charge is 0.249 e. The zero-order valence-electron chi connectivity index (χ0n) is 22.4. The molecule has 0 spiro atoms. The van der Waals surface area contributed by atoms with E-state index in [1.165, 1.54) is 33.2 Å². The van der Waals surface area contributed by atoms with Crippen LogP contribution in [0.2, 0.25) is 0 Å². The molecular formula is C27H35N5O5S. The standard InChI is InChI=1S/C27H35N5O5S/c1-18(33)29-37-25-11-12-26(38(35,36)31(4)5)27-22(25)9-10-24(28-27)23(17-32-14-13-21(34)16-32)19-7-6-8-20(15-19)30(2)3/h6-12,15,21,23,34H,13-14,16-17H2,1-5H3,(H,29,33)/t21-,23+/m0/s1. The number of carbonyl (C=O) groups excluding carboxylic acids is 1. The molecule has 1 aromatic heterocycles. The molecule has 2 heterocycles. The van der Waals surface area contributed by atoms with E-state index in [0.29, 0.717) is 36.3 Å². The normalized spacial score (nSPS) is 17.1. The van der Waals surface area contributed by atoms with Gasteiger partial charge in [0.1, 0.15) is 4.90 Å². The van der Waals surface area contributed by atoms with Crippen LogP contribution in [0.3, 0.4) is 0 Å². The van der Waals surface area contributed by atoms with Crippen LogP contribution in [0.4, 0.5) is 5.69 Å². The Morgan fingerprint density at radius 2 is 1.95 bits per heavy atom. The highest BCUT2D eigenvalue weighted by atomic mass is 32.2. The Morgan fingerprint density at radius 3 is 2.58 bits per heavy atom. The summed E-state index contributed by atoms with van der Waals surface area (Å²) in [7, 11) is 3.08. The molecule has 0 radical (unpaired) electrons. The highest BCUT2D eigenvalue weighted by Crippen LogP contribution is 2.35. The predicted molar refractivity (Wildman–Crippen MR) is 147 cm³/mol. The summed E-state index contributed by atoms with van der Waals surface area (Å²) in [5.74, 6) is -0.276. The summed E-state index contributed by atoms with van der Waals surface area (Å²) in [6, 6.07) is 14.8. The number of nitrogens with zero attached hydrogens (tertiary/aromatic N) is 4. The highest BCUT2D eigenvalue weighted by Gasteiger charge is 2.28. The van der Waals surface area contributed by atoms with Crippen molar-refractivity contribution in [3.8, 4) is 5.75 Å². The number of amides is 1. The van der Waals surface area contributed by atoms with E-state index in [9.17, 15) is 18.3 Å². The number of sulfonamides is 1. The minimum absolute atomic E-state index is 0.0481. The molecule has 1 amide bonds. The number of nitrogens with one attached hydrogen (secondary N) is 1. The first-order chi connectivity index (χ1) is 18.0. The van der Waals surface area contributed by atoms with E-state index in [0.717, 1.165) is 22.1 Å². The molecule has 2 aromatic carbocycles. The monoisotopic (exact) mass is 541 g/mol. The Kier molecular flexibility index (Phi) is 8.22. The van der Waals surface area contributed by atoms with Gasteiger partial charge in [-0.05, 0) is 48.4 Å². The Bertz CT molecular complexity index is 1430. The summed E-state index contributed by atoms with van der Waals surface area (Å²) in [5.41, 5.74) is 5.33. The van der Waals surface area contributed by atoms with E-state index < -0.39 is 10.0 Å². The Morgan fingerprint density at radius 1 is 1.18 bits per heavy atom. The van der Waals surface area contributed by atoms with Crippen molar-refractivity contribution in [2.75, 3.05) is 52.7 Å². The summed E-state index contributed by atoms with van der Waals surface area (Å²) < 4.78 is 27.6. The molecule has 1 aliphatic heterocycles. The van der Waals surface area contributed by atoms with Crippen molar-refractivity contribution < 1.29 is 23.2 Å². The van der Waals surface area contributed by atoms with Gasteiger partial charge in [0.25, 0.3) is 0 Å². The quantitative estimate of drug-likeness (QED) is 0.396. The SMILES string of the molecule is CC(=O)NOc1ccc(S(=O)(=O)N(C)C)c2nc([C@H](CN3CC[C@H](O)C3)c3cccc(N(C)C)c3)ccc12. The third kappa shape index (κ3) is 5.91. The van der Waals surface area contributed by atoms with Crippen LogP contribution in [0.1, 0.15) is 30.5 Å². The number of hydrogen-bond donors (Lipinski definition) is 2. The molecule has 0 aliphatic carbocycles. The topological polar surface area (TPSA) is 115 Å². The molecule has 1 aliphatic rings. The average Bonchev–Trinajstić information content (AvgIpc) is 3.29. The van der Waals surface area contributed by atoms with Crippen LogP contribution in [-0.4, -0.2) is 87.5 Å². The number of anilines is 1. The van der Waals surface area contributed by atoms with Crippen LogP contribution in [0.15, 0.2) is 53.4 Å². The van der Waals surface area contributed by atoms with Crippen molar-refractivity contribution in [2.45, 2.75) is 30.3 Å². The van der Waals surface area contributed by atoms with Gasteiger partial charge in [0.05, 0.1) is 11.6 Å². The molecule has 2 N–H and O–H groups in total. The molecule has 2 atom stereocenters. The molecule has 4 rings (SSSR count). The maximum atomic E-state index is 13.2. The number of fused-ring (bicyclic) bond motifs is 1. The van der Waals surface area contributed by atoms with Crippen LogP contribution in [0.5, 0.6) is 5.75 Å². The van der Waals surface area contributed by atoms with Crippen LogP contribution in [-0.2, 0) is 14.8 Å². The minimum Gasteiger partial charge on any atom is -0.392 e. The van der Waals surface area contributed by atoms with E-state index in [1.54, 1.807) is 6.07 Å². The van der Waals surface area contributed by atoms with E-state index in [2.05, 4.69) is 16.4 Å². The van der Waals surface area contributed by atoms with Crippen LogP contribution in [0.25, 0.3) is 10.9 Å². The highest BCUT2D eigenvalue weighted by molar-refractivity contribution is 7.89. The summed E-state index contributed by atoms with van der Waals surface area (Å²) in [5, 5.41) is 10.6. The molecular weight excluding hydrogens is 506 g/mol. The first-order valence-electron chi connectivity index (χ1n) is 12.4. The average molecular weight is 542 g/mol.